The van der Waals surface area contributed by atoms with Crippen LogP contribution in [0.15, 0.2) is 35.4 Å². The van der Waals surface area contributed by atoms with E-state index in [2.05, 4.69) is 68.8 Å². The standard InChI is InChI=1S/C28H46N2O/c1-23-10-8-17-28(3,4)27(23)16-11-24(2)29(5)22-25-12-14-26(15-13-25)31-21-9-20-30-18-6-7-19-30/h12-15,24H,6-11,16-22H2,1-5H3/t24-/m0/s1. The molecule has 3 rings (SSSR count). The summed E-state index contributed by atoms with van der Waals surface area (Å²) in [4.78, 5) is 5.05. The lowest BCUT2D eigenvalue weighted by Crippen LogP contribution is -2.29. The van der Waals surface area contributed by atoms with Gasteiger partial charge in [0.05, 0.1) is 6.61 Å². The van der Waals surface area contributed by atoms with E-state index in [9.17, 15) is 0 Å². The van der Waals surface area contributed by atoms with Crippen LogP contribution in [-0.2, 0) is 6.54 Å². The summed E-state index contributed by atoms with van der Waals surface area (Å²) in [6.45, 7) is 15.2. The normalized spacial score (nSPS) is 20.5. The van der Waals surface area contributed by atoms with Crippen LogP contribution in [0.2, 0.25) is 0 Å². The van der Waals surface area contributed by atoms with E-state index < -0.39 is 0 Å². The van der Waals surface area contributed by atoms with Crippen molar-refractivity contribution in [2.24, 2.45) is 5.41 Å². The molecular formula is C28H46N2O. The monoisotopic (exact) mass is 426 g/mol. The lowest BCUT2D eigenvalue weighted by atomic mass is 9.71. The van der Waals surface area contributed by atoms with Gasteiger partial charge in [-0.3, -0.25) is 4.90 Å². The molecule has 31 heavy (non-hydrogen) atoms. The summed E-state index contributed by atoms with van der Waals surface area (Å²) in [5.74, 6) is 1.00. The van der Waals surface area contributed by atoms with Crippen molar-refractivity contribution in [2.45, 2.75) is 91.6 Å². The molecule has 1 saturated heterocycles. The molecule has 0 saturated carbocycles. The fourth-order valence-electron chi connectivity index (χ4n) is 5.42. The Balaban J connectivity index is 1.39. The number of hydrogen-bond donors (Lipinski definition) is 0. The molecule has 1 heterocycles. The third-order valence-corrected chi connectivity index (χ3v) is 7.69. The van der Waals surface area contributed by atoms with Gasteiger partial charge < -0.3 is 9.64 Å². The van der Waals surface area contributed by atoms with Gasteiger partial charge in [0, 0.05) is 19.1 Å². The molecule has 1 fully saturated rings. The number of nitrogens with zero attached hydrogens (tertiary/aromatic N) is 2. The lowest BCUT2D eigenvalue weighted by Gasteiger charge is -2.36. The third kappa shape index (κ3) is 7.36. The third-order valence-electron chi connectivity index (χ3n) is 7.69. The Morgan fingerprint density at radius 1 is 1.10 bits per heavy atom. The average molecular weight is 427 g/mol. The van der Waals surface area contributed by atoms with Crippen molar-refractivity contribution in [1.29, 1.82) is 0 Å². The number of allylic oxidation sites excluding steroid dienone is 2. The molecule has 1 aliphatic heterocycles. The first-order valence-corrected chi connectivity index (χ1v) is 12.7. The summed E-state index contributed by atoms with van der Waals surface area (Å²) in [5.41, 5.74) is 5.14. The molecule has 0 unspecified atom stereocenters. The highest BCUT2D eigenvalue weighted by atomic mass is 16.5. The van der Waals surface area contributed by atoms with Crippen LogP contribution in [0.25, 0.3) is 0 Å². The van der Waals surface area contributed by atoms with Crippen LogP contribution in [0, 0.1) is 5.41 Å². The minimum absolute atomic E-state index is 0.394. The molecule has 0 aromatic heterocycles. The van der Waals surface area contributed by atoms with Gasteiger partial charge in [-0.2, -0.15) is 0 Å². The molecule has 2 aliphatic rings. The van der Waals surface area contributed by atoms with E-state index in [-0.39, 0.29) is 0 Å². The molecule has 3 nitrogen and oxygen atoms in total. The number of likely N-dealkylation sites (tertiary alicyclic amines) is 1. The van der Waals surface area contributed by atoms with Gasteiger partial charge in [0.2, 0.25) is 0 Å². The number of ether oxygens (including phenoxy) is 1. The maximum atomic E-state index is 5.96. The molecular weight excluding hydrogens is 380 g/mol. The van der Waals surface area contributed by atoms with Crippen LogP contribution in [0.3, 0.4) is 0 Å². The fraction of sp³-hybridized carbons (Fsp3) is 0.714. The van der Waals surface area contributed by atoms with Crippen molar-refractivity contribution in [2.75, 3.05) is 33.3 Å². The quantitative estimate of drug-likeness (QED) is 0.290. The average Bonchev–Trinajstić information content (AvgIpc) is 3.25. The summed E-state index contributed by atoms with van der Waals surface area (Å²) in [5, 5.41) is 0. The minimum atomic E-state index is 0.394. The summed E-state index contributed by atoms with van der Waals surface area (Å²) < 4.78 is 5.96. The van der Waals surface area contributed by atoms with E-state index in [1.807, 2.05) is 0 Å². The Hall–Kier alpha value is -1.32. The lowest BCUT2D eigenvalue weighted by molar-refractivity contribution is 0.232. The smallest absolute Gasteiger partial charge is 0.119 e. The van der Waals surface area contributed by atoms with E-state index in [0.29, 0.717) is 11.5 Å². The first kappa shape index (κ1) is 24.3. The highest BCUT2D eigenvalue weighted by molar-refractivity contribution is 5.27. The van der Waals surface area contributed by atoms with Crippen LogP contribution in [0.1, 0.15) is 84.6 Å². The molecule has 1 aromatic rings. The molecule has 1 atom stereocenters. The molecule has 0 spiro atoms. The molecule has 1 aromatic carbocycles. The number of benzene rings is 1. The predicted octanol–water partition coefficient (Wildman–Crippen LogP) is 6.68. The van der Waals surface area contributed by atoms with Gasteiger partial charge in [-0.05, 0) is 108 Å². The van der Waals surface area contributed by atoms with E-state index in [4.69, 9.17) is 4.74 Å². The van der Waals surface area contributed by atoms with Crippen LogP contribution >= 0.6 is 0 Å². The molecule has 0 bridgehead atoms. The molecule has 3 heteroatoms. The van der Waals surface area contributed by atoms with Crippen molar-refractivity contribution in [1.82, 2.24) is 9.80 Å². The number of rotatable bonds is 11. The van der Waals surface area contributed by atoms with Gasteiger partial charge in [-0.15, -0.1) is 0 Å². The van der Waals surface area contributed by atoms with Crippen LogP contribution in [0.5, 0.6) is 5.75 Å². The van der Waals surface area contributed by atoms with E-state index in [0.717, 1.165) is 25.3 Å². The maximum Gasteiger partial charge on any atom is 0.119 e. The zero-order valence-corrected chi connectivity index (χ0v) is 20.9. The van der Waals surface area contributed by atoms with Crippen molar-refractivity contribution in [3.05, 3.63) is 41.0 Å². The molecule has 0 N–H and O–H groups in total. The van der Waals surface area contributed by atoms with Crippen molar-refractivity contribution < 1.29 is 4.74 Å². The summed E-state index contributed by atoms with van der Waals surface area (Å²) in [6, 6.07) is 9.33. The molecule has 1 aliphatic carbocycles. The van der Waals surface area contributed by atoms with Crippen LogP contribution < -0.4 is 4.74 Å². The molecule has 174 valence electrons. The zero-order valence-electron chi connectivity index (χ0n) is 20.9. The largest absolute Gasteiger partial charge is 0.494 e. The predicted molar refractivity (Wildman–Crippen MR) is 133 cm³/mol. The zero-order chi connectivity index (χ0) is 22.3. The van der Waals surface area contributed by atoms with Gasteiger partial charge in [0.15, 0.2) is 0 Å². The van der Waals surface area contributed by atoms with E-state index in [1.54, 1.807) is 11.1 Å². The number of hydrogen-bond acceptors (Lipinski definition) is 3. The van der Waals surface area contributed by atoms with Crippen molar-refractivity contribution in [3.8, 4) is 5.75 Å². The van der Waals surface area contributed by atoms with E-state index in [1.165, 1.54) is 70.1 Å². The first-order valence-electron chi connectivity index (χ1n) is 12.7. The maximum absolute atomic E-state index is 5.96. The summed E-state index contributed by atoms with van der Waals surface area (Å²) >= 11 is 0. The minimum Gasteiger partial charge on any atom is -0.494 e. The molecule has 0 amide bonds. The Bertz CT molecular complexity index is 700. The Morgan fingerprint density at radius 2 is 1.81 bits per heavy atom. The Morgan fingerprint density at radius 3 is 2.48 bits per heavy atom. The topological polar surface area (TPSA) is 15.7 Å². The van der Waals surface area contributed by atoms with Crippen molar-refractivity contribution in [3.63, 3.8) is 0 Å². The van der Waals surface area contributed by atoms with Gasteiger partial charge in [-0.25, -0.2) is 0 Å². The second-order valence-corrected chi connectivity index (χ2v) is 10.7. The van der Waals surface area contributed by atoms with Crippen LogP contribution in [0.4, 0.5) is 0 Å². The van der Waals surface area contributed by atoms with Gasteiger partial charge >= 0.3 is 0 Å². The Labute approximate surface area is 191 Å². The second-order valence-electron chi connectivity index (χ2n) is 10.7. The SMILES string of the molecule is CC1=C(CC[C@H](C)N(C)Cc2ccc(OCCCN3CCCC3)cc2)C(C)(C)CCC1. The van der Waals surface area contributed by atoms with E-state index >= 15 is 0 Å². The van der Waals surface area contributed by atoms with Crippen LogP contribution in [-0.4, -0.2) is 49.1 Å². The van der Waals surface area contributed by atoms with Gasteiger partial charge in [0.1, 0.15) is 5.75 Å². The second kappa shape index (κ2) is 11.5. The highest BCUT2D eigenvalue weighted by Crippen LogP contribution is 2.42. The summed E-state index contributed by atoms with van der Waals surface area (Å²) in [6.07, 6.45) is 10.3. The first-order chi connectivity index (χ1) is 14.8. The highest BCUT2D eigenvalue weighted by Gasteiger charge is 2.28. The molecule has 0 radical (unpaired) electrons. The summed E-state index contributed by atoms with van der Waals surface area (Å²) in [7, 11) is 2.26. The van der Waals surface area contributed by atoms with Gasteiger partial charge in [0.25, 0.3) is 0 Å². The fourth-order valence-corrected chi connectivity index (χ4v) is 5.42. The van der Waals surface area contributed by atoms with Gasteiger partial charge in [-0.1, -0.05) is 37.1 Å². The van der Waals surface area contributed by atoms with Crippen molar-refractivity contribution >= 4 is 0 Å². The Kier molecular flexibility index (Phi) is 9.04.